The minimum Gasteiger partial charge on any atom is -0.395 e. The summed E-state index contributed by atoms with van der Waals surface area (Å²) in [5.41, 5.74) is 1.98. The number of benzene rings is 1. The molecule has 1 rings (SSSR count). The minimum absolute atomic E-state index is 0.0332. The molecule has 0 spiro atoms. The molecule has 0 radical (unpaired) electrons. The molecule has 0 heterocycles. The van der Waals surface area contributed by atoms with Crippen molar-refractivity contribution >= 4 is 23.4 Å². The third-order valence-corrected chi connectivity index (χ3v) is 3.24. The van der Waals surface area contributed by atoms with Crippen molar-refractivity contribution in [1.82, 2.24) is 0 Å². The Bertz CT molecular complexity index is 337. The smallest absolute Gasteiger partial charge is 0.234 e. The molecule has 0 saturated heterocycles. The van der Waals surface area contributed by atoms with Crippen molar-refractivity contribution < 1.29 is 9.90 Å². The van der Waals surface area contributed by atoms with Gasteiger partial charge in [0.25, 0.3) is 0 Å². The number of hydrogen-bond acceptors (Lipinski definition) is 3. The lowest BCUT2D eigenvalue weighted by molar-refractivity contribution is -0.113. The molecule has 0 fully saturated rings. The zero-order valence-corrected chi connectivity index (χ0v) is 10.4. The summed E-state index contributed by atoms with van der Waals surface area (Å²) in [5, 5.41) is 11.7. The second-order valence-corrected chi connectivity index (χ2v) is 5.15. The van der Waals surface area contributed by atoms with E-state index in [-0.39, 0.29) is 17.8 Å². The van der Waals surface area contributed by atoms with Gasteiger partial charge in [0.1, 0.15) is 0 Å². The lowest BCUT2D eigenvalue weighted by atomic mass is 10.2. The first-order valence-electron chi connectivity index (χ1n) is 5.21. The van der Waals surface area contributed by atoms with Crippen LogP contribution in [0, 0.1) is 6.92 Å². The number of aliphatic hydroxyl groups is 1. The average Bonchev–Trinajstić information content (AvgIpc) is 2.29. The first-order chi connectivity index (χ1) is 7.61. The molecule has 1 aromatic rings. The van der Waals surface area contributed by atoms with Crippen LogP contribution in [0.2, 0.25) is 0 Å². The van der Waals surface area contributed by atoms with Crippen molar-refractivity contribution in [2.75, 3.05) is 17.7 Å². The highest BCUT2D eigenvalue weighted by molar-refractivity contribution is 8.00. The van der Waals surface area contributed by atoms with Gasteiger partial charge in [0.15, 0.2) is 0 Å². The largest absolute Gasteiger partial charge is 0.395 e. The van der Waals surface area contributed by atoms with E-state index in [4.69, 9.17) is 5.11 Å². The average molecular weight is 239 g/mol. The Kier molecular flexibility index (Phi) is 5.35. The number of rotatable bonds is 5. The number of carbonyl (C=O) groups excluding carboxylic acids is 1. The van der Waals surface area contributed by atoms with Gasteiger partial charge < -0.3 is 10.4 Å². The SMILES string of the molecule is Cc1ccc(NC(=O)CSC(C)CO)cc1. The summed E-state index contributed by atoms with van der Waals surface area (Å²) in [6.07, 6.45) is 0. The van der Waals surface area contributed by atoms with Gasteiger partial charge in [0, 0.05) is 10.9 Å². The summed E-state index contributed by atoms with van der Waals surface area (Å²) in [6, 6.07) is 7.68. The summed E-state index contributed by atoms with van der Waals surface area (Å²) in [5.74, 6) is 0.337. The number of aliphatic hydroxyl groups excluding tert-OH is 1. The van der Waals surface area contributed by atoms with E-state index < -0.39 is 0 Å². The quantitative estimate of drug-likeness (QED) is 0.826. The molecule has 2 N–H and O–H groups in total. The van der Waals surface area contributed by atoms with Crippen LogP contribution in [-0.4, -0.2) is 28.6 Å². The highest BCUT2D eigenvalue weighted by Gasteiger charge is 2.06. The molecule has 0 aliphatic carbocycles. The zero-order chi connectivity index (χ0) is 12.0. The van der Waals surface area contributed by atoms with Crippen LogP contribution in [0.5, 0.6) is 0 Å². The van der Waals surface area contributed by atoms with Crippen LogP contribution in [0.1, 0.15) is 12.5 Å². The number of hydrogen-bond donors (Lipinski definition) is 2. The lowest BCUT2D eigenvalue weighted by Crippen LogP contribution is -2.16. The summed E-state index contributed by atoms with van der Waals surface area (Å²) in [7, 11) is 0. The molecule has 1 amide bonds. The third kappa shape index (κ3) is 4.68. The first kappa shape index (κ1) is 13.1. The second-order valence-electron chi connectivity index (χ2n) is 3.72. The molecule has 4 heteroatoms. The van der Waals surface area contributed by atoms with E-state index in [0.717, 1.165) is 5.69 Å². The molecule has 88 valence electrons. The summed E-state index contributed by atoms with van der Waals surface area (Å²) in [6.45, 7) is 4.00. The van der Waals surface area contributed by atoms with Crippen molar-refractivity contribution in [2.45, 2.75) is 19.1 Å². The van der Waals surface area contributed by atoms with Gasteiger partial charge in [0.05, 0.1) is 12.4 Å². The van der Waals surface area contributed by atoms with Crippen LogP contribution < -0.4 is 5.32 Å². The third-order valence-electron chi connectivity index (χ3n) is 2.09. The Hall–Kier alpha value is -1.00. The molecule has 0 aliphatic heterocycles. The standard InChI is InChI=1S/C12H17NO2S/c1-9-3-5-11(6-4-9)13-12(15)8-16-10(2)7-14/h3-6,10,14H,7-8H2,1-2H3,(H,13,15). The molecule has 0 bridgehead atoms. The molecule has 1 atom stereocenters. The predicted molar refractivity (Wildman–Crippen MR) is 68.8 cm³/mol. The van der Waals surface area contributed by atoms with Gasteiger partial charge in [-0.2, -0.15) is 0 Å². The van der Waals surface area contributed by atoms with Crippen LogP contribution in [0.3, 0.4) is 0 Å². The van der Waals surface area contributed by atoms with E-state index in [9.17, 15) is 4.79 Å². The molecule has 16 heavy (non-hydrogen) atoms. The summed E-state index contributed by atoms with van der Waals surface area (Å²) >= 11 is 1.44. The van der Waals surface area contributed by atoms with Gasteiger partial charge in [-0.3, -0.25) is 4.79 Å². The van der Waals surface area contributed by atoms with Crippen molar-refractivity contribution in [3.63, 3.8) is 0 Å². The van der Waals surface area contributed by atoms with Crippen LogP contribution in [0.4, 0.5) is 5.69 Å². The fourth-order valence-corrected chi connectivity index (χ4v) is 1.72. The number of nitrogens with one attached hydrogen (secondary N) is 1. The number of anilines is 1. The summed E-state index contributed by atoms with van der Waals surface area (Å²) < 4.78 is 0. The maximum absolute atomic E-state index is 11.5. The normalized spacial score (nSPS) is 12.2. The Morgan fingerprint density at radius 2 is 2.06 bits per heavy atom. The predicted octanol–water partition coefficient (Wildman–Crippen LogP) is 2.05. The molecule has 0 aliphatic rings. The Balaban J connectivity index is 2.37. The minimum atomic E-state index is -0.0332. The van der Waals surface area contributed by atoms with Gasteiger partial charge in [-0.25, -0.2) is 0 Å². The Labute approximate surface area is 100 Å². The van der Waals surface area contributed by atoms with Gasteiger partial charge in [-0.15, -0.1) is 11.8 Å². The fourth-order valence-electron chi connectivity index (χ4n) is 1.10. The fraction of sp³-hybridized carbons (Fsp3) is 0.417. The maximum Gasteiger partial charge on any atom is 0.234 e. The van der Waals surface area contributed by atoms with Crippen molar-refractivity contribution in [3.8, 4) is 0 Å². The summed E-state index contributed by atoms with van der Waals surface area (Å²) in [4.78, 5) is 11.5. The Morgan fingerprint density at radius 1 is 1.44 bits per heavy atom. The number of aryl methyl sites for hydroxylation is 1. The second kappa shape index (κ2) is 6.55. The highest BCUT2D eigenvalue weighted by Crippen LogP contribution is 2.12. The first-order valence-corrected chi connectivity index (χ1v) is 6.25. The zero-order valence-electron chi connectivity index (χ0n) is 9.56. The van der Waals surface area contributed by atoms with Crippen molar-refractivity contribution in [1.29, 1.82) is 0 Å². The molecular weight excluding hydrogens is 222 g/mol. The molecule has 3 nitrogen and oxygen atoms in total. The van der Waals surface area contributed by atoms with E-state index in [1.54, 1.807) is 0 Å². The van der Waals surface area contributed by atoms with Gasteiger partial charge in [-0.1, -0.05) is 24.6 Å². The van der Waals surface area contributed by atoms with Crippen molar-refractivity contribution in [2.24, 2.45) is 0 Å². The van der Waals surface area contributed by atoms with E-state index in [0.29, 0.717) is 5.75 Å². The van der Waals surface area contributed by atoms with Crippen LogP contribution in [0.15, 0.2) is 24.3 Å². The van der Waals surface area contributed by atoms with E-state index >= 15 is 0 Å². The molecule has 0 aromatic heterocycles. The van der Waals surface area contributed by atoms with Gasteiger partial charge >= 0.3 is 0 Å². The van der Waals surface area contributed by atoms with Gasteiger partial charge in [0.2, 0.25) is 5.91 Å². The number of thioether (sulfide) groups is 1. The maximum atomic E-state index is 11.5. The molecular formula is C12H17NO2S. The highest BCUT2D eigenvalue weighted by atomic mass is 32.2. The number of carbonyl (C=O) groups is 1. The lowest BCUT2D eigenvalue weighted by Gasteiger charge is -2.08. The molecule has 1 aromatic carbocycles. The molecule has 1 unspecified atom stereocenters. The van der Waals surface area contributed by atoms with Gasteiger partial charge in [-0.05, 0) is 19.1 Å². The van der Waals surface area contributed by atoms with E-state index in [2.05, 4.69) is 5.32 Å². The van der Waals surface area contributed by atoms with E-state index in [1.165, 1.54) is 17.3 Å². The molecule has 0 saturated carbocycles. The van der Waals surface area contributed by atoms with Crippen molar-refractivity contribution in [3.05, 3.63) is 29.8 Å². The van der Waals surface area contributed by atoms with Crippen LogP contribution >= 0.6 is 11.8 Å². The number of amides is 1. The van der Waals surface area contributed by atoms with Crippen LogP contribution in [0.25, 0.3) is 0 Å². The topological polar surface area (TPSA) is 49.3 Å². The van der Waals surface area contributed by atoms with E-state index in [1.807, 2.05) is 38.1 Å². The monoisotopic (exact) mass is 239 g/mol. The van der Waals surface area contributed by atoms with Crippen LogP contribution in [-0.2, 0) is 4.79 Å². The Morgan fingerprint density at radius 3 is 2.62 bits per heavy atom.